The van der Waals surface area contributed by atoms with Crippen LogP contribution in [0.25, 0.3) is 0 Å². The minimum absolute atomic E-state index is 0.0716. The second-order valence-corrected chi connectivity index (χ2v) is 7.32. The molecule has 148 valence electrons. The van der Waals surface area contributed by atoms with Gasteiger partial charge in [0.15, 0.2) is 0 Å². The van der Waals surface area contributed by atoms with E-state index in [9.17, 15) is 14.7 Å². The molecular weight excluding hydrogens is 340 g/mol. The zero-order valence-electron chi connectivity index (χ0n) is 16.1. The van der Waals surface area contributed by atoms with E-state index >= 15 is 0 Å². The fourth-order valence-corrected chi connectivity index (χ4v) is 3.55. The van der Waals surface area contributed by atoms with E-state index in [1.807, 2.05) is 47.4 Å². The number of piperidine rings is 1. The number of carbonyl (C=O) groups is 2. The minimum Gasteiger partial charge on any atom is -0.389 e. The summed E-state index contributed by atoms with van der Waals surface area (Å²) in [5.74, 6) is -0.0499. The van der Waals surface area contributed by atoms with Crippen molar-refractivity contribution in [3.8, 4) is 0 Å². The van der Waals surface area contributed by atoms with Gasteiger partial charge < -0.3 is 15.7 Å². The number of nitrogens with zero attached hydrogens (tertiary/aromatic N) is 1. The monoisotopic (exact) mass is 372 g/mol. The Bertz CT molecular complexity index is 615. The normalized spacial score (nSPS) is 18.8. The van der Waals surface area contributed by atoms with Gasteiger partial charge >= 0.3 is 0 Å². The molecule has 5 nitrogen and oxygen atoms in total. The summed E-state index contributed by atoms with van der Waals surface area (Å²) in [5, 5.41) is 10.3. The van der Waals surface area contributed by atoms with Crippen LogP contribution in [-0.2, 0) is 16.0 Å². The van der Waals surface area contributed by atoms with Gasteiger partial charge in [-0.05, 0) is 31.2 Å². The average Bonchev–Trinajstić information content (AvgIpc) is 2.65. The fourth-order valence-electron chi connectivity index (χ4n) is 3.55. The second-order valence-electron chi connectivity index (χ2n) is 7.32. The number of hydrogen-bond acceptors (Lipinski definition) is 3. The molecule has 0 saturated carbocycles. The van der Waals surface area contributed by atoms with Crippen molar-refractivity contribution in [1.29, 1.82) is 0 Å². The van der Waals surface area contributed by atoms with Gasteiger partial charge in [0.05, 0.1) is 12.1 Å². The van der Waals surface area contributed by atoms with Gasteiger partial charge in [-0.2, -0.15) is 0 Å². The number of benzene rings is 1. The number of nitrogens with two attached hydrogens (primary N) is 1. The first-order chi connectivity index (χ1) is 13.1. The zero-order chi connectivity index (χ0) is 19.5. The minimum atomic E-state index is -0.542. The lowest BCUT2D eigenvalue weighted by Gasteiger charge is -2.34. The van der Waals surface area contributed by atoms with Gasteiger partial charge in [0.25, 0.3) is 0 Å². The van der Waals surface area contributed by atoms with Crippen LogP contribution in [0.1, 0.15) is 56.9 Å². The van der Waals surface area contributed by atoms with Gasteiger partial charge in [-0.25, -0.2) is 0 Å². The molecule has 1 fully saturated rings. The third kappa shape index (κ3) is 7.95. The van der Waals surface area contributed by atoms with Gasteiger partial charge in [-0.3, -0.25) is 9.59 Å². The van der Waals surface area contributed by atoms with Crippen LogP contribution in [0.3, 0.4) is 0 Å². The van der Waals surface area contributed by atoms with Crippen LogP contribution in [0.5, 0.6) is 0 Å². The van der Waals surface area contributed by atoms with E-state index in [0.29, 0.717) is 19.3 Å². The Morgan fingerprint density at radius 3 is 2.70 bits per heavy atom. The van der Waals surface area contributed by atoms with E-state index in [1.54, 1.807) is 0 Å². The van der Waals surface area contributed by atoms with E-state index in [4.69, 9.17) is 5.73 Å². The zero-order valence-corrected chi connectivity index (χ0v) is 16.1. The maximum absolute atomic E-state index is 12.3. The molecule has 2 atom stereocenters. The number of carbonyl (C=O) groups excluding carboxylic acids is 2. The van der Waals surface area contributed by atoms with E-state index in [2.05, 4.69) is 0 Å². The highest BCUT2D eigenvalue weighted by atomic mass is 16.3. The predicted molar refractivity (Wildman–Crippen MR) is 107 cm³/mol. The SMILES string of the molecule is NC(=O)CCCCCCN1C(=O)CCCC1/C=C/[C@H](O)Cc1ccccc1. The Kier molecular flexibility index (Phi) is 9.05. The van der Waals surface area contributed by atoms with Crippen molar-refractivity contribution < 1.29 is 14.7 Å². The first-order valence-corrected chi connectivity index (χ1v) is 10.0. The summed E-state index contributed by atoms with van der Waals surface area (Å²) in [4.78, 5) is 25.0. The molecule has 1 saturated heterocycles. The summed E-state index contributed by atoms with van der Waals surface area (Å²) in [5.41, 5.74) is 6.25. The quantitative estimate of drug-likeness (QED) is 0.463. The third-order valence-electron chi connectivity index (χ3n) is 5.03. The number of aliphatic hydroxyl groups excluding tert-OH is 1. The lowest BCUT2D eigenvalue weighted by atomic mass is 9.99. The van der Waals surface area contributed by atoms with Gasteiger partial charge in [0.2, 0.25) is 11.8 Å². The third-order valence-corrected chi connectivity index (χ3v) is 5.03. The summed E-state index contributed by atoms with van der Waals surface area (Å²) >= 11 is 0. The highest BCUT2D eigenvalue weighted by molar-refractivity contribution is 5.77. The fraction of sp³-hybridized carbons (Fsp3) is 0.545. The van der Waals surface area contributed by atoms with Crippen LogP contribution in [0, 0.1) is 0 Å². The van der Waals surface area contributed by atoms with Gasteiger partial charge in [-0.15, -0.1) is 0 Å². The molecule has 27 heavy (non-hydrogen) atoms. The molecule has 0 aromatic heterocycles. The molecule has 2 rings (SSSR count). The lowest BCUT2D eigenvalue weighted by Crippen LogP contribution is -2.43. The lowest BCUT2D eigenvalue weighted by molar-refractivity contribution is -0.135. The topological polar surface area (TPSA) is 83.6 Å². The summed E-state index contributed by atoms with van der Waals surface area (Å²) in [6.07, 6.45) is 10.5. The number of hydrogen-bond donors (Lipinski definition) is 2. The van der Waals surface area contributed by atoms with Gasteiger partial charge in [-0.1, -0.05) is 55.3 Å². The molecule has 0 radical (unpaired) electrons. The van der Waals surface area contributed by atoms with Crippen LogP contribution in [0.15, 0.2) is 42.5 Å². The van der Waals surface area contributed by atoms with Crippen LogP contribution < -0.4 is 5.73 Å². The Balaban J connectivity index is 1.79. The molecule has 1 aliphatic rings. The van der Waals surface area contributed by atoms with Crippen molar-refractivity contribution in [2.24, 2.45) is 5.73 Å². The van der Waals surface area contributed by atoms with Crippen molar-refractivity contribution in [2.45, 2.75) is 69.9 Å². The van der Waals surface area contributed by atoms with Crippen molar-refractivity contribution in [3.63, 3.8) is 0 Å². The highest BCUT2D eigenvalue weighted by Gasteiger charge is 2.25. The van der Waals surface area contributed by atoms with Crippen LogP contribution in [0.2, 0.25) is 0 Å². The van der Waals surface area contributed by atoms with Crippen molar-refractivity contribution >= 4 is 11.8 Å². The molecule has 1 heterocycles. The second kappa shape index (κ2) is 11.5. The largest absolute Gasteiger partial charge is 0.389 e. The van der Waals surface area contributed by atoms with Crippen molar-refractivity contribution in [1.82, 2.24) is 4.90 Å². The maximum atomic E-state index is 12.3. The molecule has 1 unspecified atom stereocenters. The molecule has 2 amide bonds. The van der Waals surface area contributed by atoms with E-state index in [1.165, 1.54) is 0 Å². The smallest absolute Gasteiger partial charge is 0.223 e. The Morgan fingerprint density at radius 1 is 1.22 bits per heavy atom. The van der Waals surface area contributed by atoms with E-state index < -0.39 is 6.10 Å². The summed E-state index contributed by atoms with van der Waals surface area (Å²) in [6.45, 7) is 0.735. The highest BCUT2D eigenvalue weighted by Crippen LogP contribution is 2.21. The molecule has 0 spiro atoms. The first kappa shape index (κ1) is 21.2. The summed E-state index contributed by atoms with van der Waals surface area (Å²) < 4.78 is 0. The number of amides is 2. The number of likely N-dealkylation sites (tertiary alicyclic amines) is 1. The number of primary amides is 1. The molecule has 3 N–H and O–H groups in total. The van der Waals surface area contributed by atoms with Gasteiger partial charge in [0.1, 0.15) is 0 Å². The van der Waals surface area contributed by atoms with Crippen molar-refractivity contribution in [2.75, 3.05) is 6.54 Å². The van der Waals surface area contributed by atoms with Crippen molar-refractivity contribution in [3.05, 3.63) is 48.0 Å². The standard InChI is InChI=1S/C22H32N2O3/c23-21(26)12-6-1-2-7-16-24-19(11-8-13-22(24)27)14-15-20(25)17-18-9-4-3-5-10-18/h3-5,9-10,14-15,19-20,25H,1-2,6-8,11-13,16-17H2,(H2,23,26)/b15-14+/t19?,20-/m0/s1. The molecule has 1 aliphatic heterocycles. The number of aliphatic hydroxyl groups is 1. The summed E-state index contributed by atoms with van der Waals surface area (Å²) in [6, 6.07) is 9.98. The van der Waals surface area contributed by atoms with Crippen LogP contribution >= 0.6 is 0 Å². The van der Waals surface area contributed by atoms with Crippen LogP contribution in [-0.4, -0.2) is 40.5 Å². The molecular formula is C22H32N2O3. The Morgan fingerprint density at radius 2 is 1.96 bits per heavy atom. The molecule has 5 heteroatoms. The Labute approximate surface area is 162 Å². The summed E-state index contributed by atoms with van der Waals surface area (Å²) in [7, 11) is 0. The van der Waals surface area contributed by atoms with E-state index in [-0.39, 0.29) is 17.9 Å². The molecule has 0 aliphatic carbocycles. The Hall–Kier alpha value is -2.14. The van der Waals surface area contributed by atoms with Gasteiger partial charge in [0, 0.05) is 25.8 Å². The number of rotatable bonds is 11. The maximum Gasteiger partial charge on any atom is 0.223 e. The predicted octanol–water partition coefficient (Wildman–Crippen LogP) is 2.96. The molecule has 1 aromatic rings. The average molecular weight is 373 g/mol. The molecule has 0 bridgehead atoms. The number of unbranched alkanes of at least 4 members (excludes halogenated alkanes) is 3. The van der Waals surface area contributed by atoms with Crippen LogP contribution in [0.4, 0.5) is 0 Å². The van der Waals surface area contributed by atoms with E-state index in [0.717, 1.165) is 50.6 Å². The molecule has 1 aromatic carbocycles. The first-order valence-electron chi connectivity index (χ1n) is 10.0.